The van der Waals surface area contributed by atoms with Gasteiger partial charge in [0.2, 0.25) is 0 Å². The molecule has 0 bridgehead atoms. The third-order valence-electron chi connectivity index (χ3n) is 3.91. The molecule has 28 heavy (non-hydrogen) atoms. The van der Waals surface area contributed by atoms with Gasteiger partial charge in [0, 0.05) is 11.6 Å². The summed E-state index contributed by atoms with van der Waals surface area (Å²) >= 11 is 0. The molecule has 0 aromatic heterocycles. The number of allylic oxidation sites excluding steroid dienone is 1. The molecule has 8 nitrogen and oxygen atoms in total. The van der Waals surface area contributed by atoms with Gasteiger partial charge in [0.05, 0.1) is 13.2 Å². The van der Waals surface area contributed by atoms with Gasteiger partial charge in [-0.1, -0.05) is 25.5 Å². The lowest BCUT2D eigenvalue weighted by molar-refractivity contribution is -0.159. The monoisotopic (exact) mass is 400 g/mol. The van der Waals surface area contributed by atoms with Crippen LogP contribution in [0.15, 0.2) is 23.3 Å². The highest BCUT2D eigenvalue weighted by Gasteiger charge is 2.30. The summed E-state index contributed by atoms with van der Waals surface area (Å²) in [6.07, 6.45) is 3.77. The van der Waals surface area contributed by atoms with Crippen molar-refractivity contribution in [3.8, 4) is 0 Å². The van der Waals surface area contributed by atoms with E-state index in [0.717, 1.165) is 6.08 Å². The molecule has 0 saturated carbocycles. The predicted molar refractivity (Wildman–Crippen MR) is 104 cm³/mol. The average molecular weight is 400 g/mol. The van der Waals surface area contributed by atoms with Gasteiger partial charge in [-0.2, -0.15) is 0 Å². The molecule has 8 heteroatoms. The Labute approximate surface area is 166 Å². The highest BCUT2D eigenvalue weighted by atomic mass is 16.6. The molecule has 2 N–H and O–H groups in total. The molecule has 0 heterocycles. The molecule has 0 aliphatic rings. The van der Waals surface area contributed by atoms with E-state index in [1.807, 2.05) is 13.8 Å². The van der Waals surface area contributed by atoms with Gasteiger partial charge in [-0.05, 0) is 46.5 Å². The van der Waals surface area contributed by atoms with Crippen molar-refractivity contribution in [3.05, 3.63) is 23.3 Å². The van der Waals surface area contributed by atoms with Crippen LogP contribution in [-0.4, -0.2) is 47.3 Å². The van der Waals surface area contributed by atoms with Crippen LogP contribution in [0.3, 0.4) is 0 Å². The van der Waals surface area contributed by atoms with E-state index in [1.54, 1.807) is 33.8 Å². The van der Waals surface area contributed by atoms with Gasteiger partial charge in [0.15, 0.2) is 5.92 Å². The Balaban J connectivity index is 0. The van der Waals surface area contributed by atoms with E-state index in [0.29, 0.717) is 18.4 Å². The highest BCUT2D eigenvalue weighted by molar-refractivity contribution is 5.98. The third kappa shape index (κ3) is 10.5. The molecule has 0 unspecified atom stereocenters. The van der Waals surface area contributed by atoms with Crippen molar-refractivity contribution < 1.29 is 38.9 Å². The van der Waals surface area contributed by atoms with Gasteiger partial charge in [-0.15, -0.1) is 0 Å². The molecule has 0 aliphatic heterocycles. The second-order valence-corrected chi connectivity index (χ2v) is 5.73. The van der Waals surface area contributed by atoms with Crippen LogP contribution in [0.5, 0.6) is 0 Å². The molecule has 0 aromatic carbocycles. The molecule has 0 amide bonds. The van der Waals surface area contributed by atoms with E-state index >= 15 is 0 Å². The first-order valence-electron chi connectivity index (χ1n) is 9.24. The summed E-state index contributed by atoms with van der Waals surface area (Å²) in [6, 6.07) is 0. The molecular formula is C20H32O8. The first kappa shape index (κ1) is 27.6. The van der Waals surface area contributed by atoms with Crippen molar-refractivity contribution in [1.29, 1.82) is 0 Å². The summed E-state index contributed by atoms with van der Waals surface area (Å²) in [5, 5.41) is 17.2. The maximum Gasteiger partial charge on any atom is 0.332 e. The van der Waals surface area contributed by atoms with Crippen LogP contribution >= 0.6 is 0 Å². The SMILES string of the molecule is C/C=C(\C)C(C(=O)OCC)C(=O)OCC.CCC(CC)/C(=C\C(=O)O)C(=O)O. The molecule has 0 saturated heterocycles. The summed E-state index contributed by atoms with van der Waals surface area (Å²) in [4.78, 5) is 44.0. The van der Waals surface area contributed by atoms with Crippen molar-refractivity contribution in [3.63, 3.8) is 0 Å². The van der Waals surface area contributed by atoms with Gasteiger partial charge >= 0.3 is 23.9 Å². The Bertz CT molecular complexity index is 567. The molecule has 0 atom stereocenters. The van der Waals surface area contributed by atoms with Crippen molar-refractivity contribution in [2.75, 3.05) is 13.2 Å². The van der Waals surface area contributed by atoms with Crippen LogP contribution in [0.2, 0.25) is 0 Å². The molecule has 0 spiro atoms. The summed E-state index contributed by atoms with van der Waals surface area (Å²) in [7, 11) is 0. The number of carboxylic acids is 2. The smallest absolute Gasteiger partial charge is 0.332 e. The van der Waals surface area contributed by atoms with E-state index in [1.165, 1.54) is 0 Å². The quantitative estimate of drug-likeness (QED) is 0.248. The van der Waals surface area contributed by atoms with Crippen LogP contribution in [0.25, 0.3) is 0 Å². The highest BCUT2D eigenvalue weighted by Crippen LogP contribution is 2.18. The maximum absolute atomic E-state index is 11.5. The van der Waals surface area contributed by atoms with E-state index in [2.05, 4.69) is 0 Å². The Kier molecular flexibility index (Phi) is 15.2. The molecular weight excluding hydrogens is 368 g/mol. The Morgan fingerprint density at radius 2 is 1.32 bits per heavy atom. The first-order valence-corrected chi connectivity index (χ1v) is 9.24. The second kappa shape index (κ2) is 15.4. The van der Waals surface area contributed by atoms with Gasteiger partial charge in [0.25, 0.3) is 0 Å². The van der Waals surface area contributed by atoms with Crippen LogP contribution in [0.1, 0.15) is 54.4 Å². The molecule has 0 aliphatic carbocycles. The second-order valence-electron chi connectivity index (χ2n) is 5.73. The Hall–Kier alpha value is -2.64. The Morgan fingerprint density at radius 3 is 1.57 bits per heavy atom. The largest absolute Gasteiger partial charge is 0.478 e. The van der Waals surface area contributed by atoms with Crippen LogP contribution in [0.4, 0.5) is 0 Å². The lowest BCUT2D eigenvalue weighted by Crippen LogP contribution is -2.29. The van der Waals surface area contributed by atoms with Crippen molar-refractivity contribution in [2.45, 2.75) is 54.4 Å². The van der Waals surface area contributed by atoms with E-state index < -0.39 is 29.8 Å². The topological polar surface area (TPSA) is 127 Å². The zero-order chi connectivity index (χ0) is 22.3. The number of hydrogen-bond acceptors (Lipinski definition) is 6. The minimum absolute atomic E-state index is 0.0162. The van der Waals surface area contributed by atoms with Crippen molar-refractivity contribution in [1.82, 2.24) is 0 Å². The van der Waals surface area contributed by atoms with Gasteiger partial charge in [-0.3, -0.25) is 9.59 Å². The number of carbonyl (C=O) groups is 4. The van der Waals surface area contributed by atoms with Crippen LogP contribution in [0, 0.1) is 11.8 Å². The molecule has 160 valence electrons. The van der Waals surface area contributed by atoms with Crippen molar-refractivity contribution >= 4 is 23.9 Å². The lowest BCUT2D eigenvalue weighted by atomic mass is 9.93. The van der Waals surface area contributed by atoms with Gasteiger partial charge in [0.1, 0.15) is 0 Å². The fraction of sp³-hybridized carbons (Fsp3) is 0.600. The first-order chi connectivity index (χ1) is 13.1. The fourth-order valence-corrected chi connectivity index (χ4v) is 2.30. The molecule has 0 rings (SSSR count). The summed E-state index contributed by atoms with van der Waals surface area (Å²) in [5.74, 6) is -4.54. The van der Waals surface area contributed by atoms with Crippen LogP contribution in [-0.2, 0) is 28.7 Å². The third-order valence-corrected chi connectivity index (χ3v) is 3.91. The number of esters is 2. The minimum Gasteiger partial charge on any atom is -0.478 e. The Morgan fingerprint density at radius 1 is 0.893 bits per heavy atom. The standard InChI is InChI=1S/C11H18O4.C9H14O4/c1-5-8(4)9(10(12)14-6-2)11(13)15-7-3;1-3-6(4-2)7(9(12)13)5-8(10)11/h5,9H,6-7H2,1-4H3;5-6H,3-4H2,1-2H3,(H,10,11)(H,12,13)/b8-5+;7-5+. The molecule has 0 radical (unpaired) electrons. The van der Waals surface area contributed by atoms with E-state index in [4.69, 9.17) is 19.7 Å². The zero-order valence-corrected chi connectivity index (χ0v) is 17.5. The minimum atomic E-state index is -1.20. The number of rotatable bonds is 10. The number of aliphatic carboxylic acids is 2. The zero-order valence-electron chi connectivity index (χ0n) is 17.5. The summed E-state index contributed by atoms with van der Waals surface area (Å²) in [5.41, 5.74) is 0.629. The van der Waals surface area contributed by atoms with E-state index in [9.17, 15) is 19.2 Å². The number of carbonyl (C=O) groups excluding carboxylic acids is 2. The lowest BCUT2D eigenvalue weighted by Gasteiger charge is -2.14. The molecule has 0 fully saturated rings. The summed E-state index contributed by atoms with van der Waals surface area (Å²) in [6.45, 7) is 11.1. The summed E-state index contributed by atoms with van der Waals surface area (Å²) < 4.78 is 9.63. The van der Waals surface area contributed by atoms with E-state index in [-0.39, 0.29) is 24.7 Å². The number of hydrogen-bond donors (Lipinski definition) is 2. The number of ether oxygens (including phenoxy) is 2. The average Bonchev–Trinajstić information content (AvgIpc) is 2.62. The van der Waals surface area contributed by atoms with Gasteiger partial charge < -0.3 is 19.7 Å². The van der Waals surface area contributed by atoms with Crippen LogP contribution < -0.4 is 0 Å². The number of carboxylic acid groups (broad SMARTS) is 2. The normalized spacial score (nSPS) is 11.6. The molecule has 0 aromatic rings. The predicted octanol–water partition coefficient (Wildman–Crippen LogP) is 3.21. The maximum atomic E-state index is 11.5. The van der Waals surface area contributed by atoms with Crippen molar-refractivity contribution in [2.24, 2.45) is 11.8 Å². The fourth-order valence-electron chi connectivity index (χ4n) is 2.30. The van der Waals surface area contributed by atoms with Gasteiger partial charge in [-0.25, -0.2) is 9.59 Å².